The highest BCUT2D eigenvalue weighted by Gasteiger charge is 2.17. The van der Waals surface area contributed by atoms with Gasteiger partial charge in [0.25, 0.3) is 5.91 Å². The quantitative estimate of drug-likeness (QED) is 0.450. The highest BCUT2D eigenvalue weighted by molar-refractivity contribution is 6.31. The van der Waals surface area contributed by atoms with Crippen molar-refractivity contribution in [1.82, 2.24) is 9.88 Å². The second-order valence-corrected chi connectivity index (χ2v) is 6.86. The SMILES string of the molecule is CN(Cc1c(F)cccc1Cl)C(=O)COC(=O)c1ccc2nc(Cl)ccc2c1. The van der Waals surface area contributed by atoms with E-state index in [-0.39, 0.29) is 22.7 Å². The maximum absolute atomic E-state index is 13.8. The van der Waals surface area contributed by atoms with Crippen LogP contribution in [0.3, 0.4) is 0 Å². The lowest BCUT2D eigenvalue weighted by Gasteiger charge is -2.18. The molecule has 0 aliphatic heterocycles. The fourth-order valence-electron chi connectivity index (χ4n) is 2.56. The third-order valence-corrected chi connectivity index (χ3v) is 4.66. The van der Waals surface area contributed by atoms with Crippen molar-refractivity contribution >= 4 is 46.0 Å². The molecule has 8 heteroatoms. The number of esters is 1. The Morgan fingerprint density at radius 3 is 2.68 bits per heavy atom. The predicted molar refractivity (Wildman–Crippen MR) is 105 cm³/mol. The minimum Gasteiger partial charge on any atom is -0.452 e. The number of aromatic nitrogens is 1. The van der Waals surface area contributed by atoms with E-state index in [9.17, 15) is 14.0 Å². The van der Waals surface area contributed by atoms with Crippen LogP contribution in [0.15, 0.2) is 48.5 Å². The van der Waals surface area contributed by atoms with Gasteiger partial charge in [0.1, 0.15) is 11.0 Å². The van der Waals surface area contributed by atoms with Crippen LogP contribution in [-0.4, -0.2) is 35.4 Å². The minimum absolute atomic E-state index is 0.0374. The number of hydrogen-bond acceptors (Lipinski definition) is 4. The number of carbonyl (C=O) groups is 2. The number of nitrogens with zero attached hydrogens (tertiary/aromatic N) is 2. The standard InChI is InChI=1S/C20H15Cl2FN2O3/c1-25(10-14-15(21)3-2-4-16(14)23)19(26)11-28-20(27)13-5-7-17-12(9-13)6-8-18(22)24-17/h2-9H,10-11H2,1H3. The summed E-state index contributed by atoms with van der Waals surface area (Å²) in [6.45, 7) is -0.511. The van der Waals surface area contributed by atoms with Crippen molar-refractivity contribution in [2.24, 2.45) is 0 Å². The van der Waals surface area contributed by atoms with Crippen molar-refractivity contribution in [3.8, 4) is 0 Å². The number of carbonyl (C=O) groups excluding carboxylic acids is 2. The zero-order valence-corrected chi connectivity index (χ0v) is 16.3. The van der Waals surface area contributed by atoms with Crippen molar-refractivity contribution in [3.63, 3.8) is 0 Å². The van der Waals surface area contributed by atoms with E-state index in [0.717, 1.165) is 5.39 Å². The highest BCUT2D eigenvalue weighted by Crippen LogP contribution is 2.21. The number of amides is 1. The van der Waals surface area contributed by atoms with Crippen LogP contribution < -0.4 is 0 Å². The molecule has 144 valence electrons. The van der Waals surface area contributed by atoms with Gasteiger partial charge < -0.3 is 9.64 Å². The van der Waals surface area contributed by atoms with Gasteiger partial charge in [0, 0.05) is 29.6 Å². The number of hydrogen-bond donors (Lipinski definition) is 0. The average molecular weight is 421 g/mol. The summed E-state index contributed by atoms with van der Waals surface area (Å²) in [6.07, 6.45) is 0. The molecule has 0 aliphatic rings. The molecular weight excluding hydrogens is 406 g/mol. The molecular formula is C20H15Cl2FN2O3. The second-order valence-electron chi connectivity index (χ2n) is 6.07. The number of rotatable bonds is 5. The van der Waals surface area contributed by atoms with E-state index in [1.807, 2.05) is 0 Å². The first kappa shape index (κ1) is 20.0. The summed E-state index contributed by atoms with van der Waals surface area (Å²) in [7, 11) is 1.48. The molecule has 0 atom stereocenters. The first-order valence-corrected chi connectivity index (χ1v) is 9.01. The third kappa shape index (κ3) is 4.58. The number of ether oxygens (including phenoxy) is 1. The lowest BCUT2D eigenvalue weighted by Crippen LogP contribution is -2.31. The van der Waals surface area contributed by atoms with Gasteiger partial charge in [-0.15, -0.1) is 0 Å². The van der Waals surface area contributed by atoms with Gasteiger partial charge in [0.05, 0.1) is 11.1 Å². The van der Waals surface area contributed by atoms with E-state index < -0.39 is 24.3 Å². The Kier molecular flexibility index (Phi) is 6.11. The van der Waals surface area contributed by atoms with Crippen LogP contribution in [0, 0.1) is 5.82 Å². The lowest BCUT2D eigenvalue weighted by molar-refractivity contribution is -0.133. The summed E-state index contributed by atoms with van der Waals surface area (Å²) in [6, 6.07) is 12.4. The van der Waals surface area contributed by atoms with Gasteiger partial charge in [-0.2, -0.15) is 0 Å². The number of likely N-dealkylation sites (N-methyl/N-ethyl adjacent to an activating group) is 1. The summed E-state index contributed by atoms with van der Waals surface area (Å²) in [4.78, 5) is 29.8. The van der Waals surface area contributed by atoms with Crippen molar-refractivity contribution in [2.45, 2.75) is 6.54 Å². The molecule has 5 nitrogen and oxygen atoms in total. The summed E-state index contributed by atoms with van der Waals surface area (Å²) >= 11 is 11.8. The monoisotopic (exact) mass is 420 g/mol. The summed E-state index contributed by atoms with van der Waals surface area (Å²) in [5.41, 5.74) is 1.12. The molecule has 0 bridgehead atoms. The van der Waals surface area contributed by atoms with Crippen LogP contribution in [0.1, 0.15) is 15.9 Å². The maximum Gasteiger partial charge on any atom is 0.338 e. The predicted octanol–water partition coefficient (Wildman–Crippen LogP) is 4.50. The Bertz CT molecular complexity index is 1040. The molecule has 28 heavy (non-hydrogen) atoms. The Labute approximate surface area is 170 Å². The third-order valence-electron chi connectivity index (χ3n) is 4.10. The van der Waals surface area contributed by atoms with Gasteiger partial charge in [-0.05, 0) is 42.5 Å². The Hall–Kier alpha value is -2.70. The Morgan fingerprint density at radius 2 is 1.93 bits per heavy atom. The smallest absolute Gasteiger partial charge is 0.338 e. The van der Waals surface area contributed by atoms with Crippen molar-refractivity contribution in [3.05, 3.63) is 75.7 Å². The topological polar surface area (TPSA) is 59.5 Å². The molecule has 0 unspecified atom stereocenters. The molecule has 1 heterocycles. The molecule has 2 aromatic carbocycles. The Morgan fingerprint density at radius 1 is 1.14 bits per heavy atom. The highest BCUT2D eigenvalue weighted by atomic mass is 35.5. The summed E-state index contributed by atoms with van der Waals surface area (Å²) in [5.74, 6) is -1.64. The first-order valence-electron chi connectivity index (χ1n) is 8.25. The Balaban J connectivity index is 1.62. The molecule has 0 fully saturated rings. The minimum atomic E-state index is -0.650. The number of halogens is 3. The van der Waals surface area contributed by atoms with Crippen LogP contribution in [0.4, 0.5) is 4.39 Å². The molecule has 0 N–H and O–H groups in total. The van der Waals surface area contributed by atoms with Gasteiger partial charge in [-0.1, -0.05) is 29.3 Å². The fraction of sp³-hybridized carbons (Fsp3) is 0.150. The summed E-state index contributed by atoms with van der Waals surface area (Å²) in [5, 5.41) is 1.30. The van der Waals surface area contributed by atoms with Crippen LogP contribution >= 0.6 is 23.2 Å². The van der Waals surface area contributed by atoms with E-state index in [1.165, 1.54) is 24.1 Å². The van der Waals surface area contributed by atoms with Gasteiger partial charge in [0.15, 0.2) is 6.61 Å². The fourth-order valence-corrected chi connectivity index (χ4v) is 2.93. The zero-order valence-electron chi connectivity index (χ0n) is 14.8. The van der Waals surface area contributed by atoms with E-state index in [4.69, 9.17) is 27.9 Å². The first-order chi connectivity index (χ1) is 13.3. The van der Waals surface area contributed by atoms with Crippen LogP contribution in [-0.2, 0) is 16.1 Å². The number of benzene rings is 2. The molecule has 3 aromatic rings. The van der Waals surface area contributed by atoms with Crippen molar-refractivity contribution < 1.29 is 18.7 Å². The molecule has 1 amide bonds. The largest absolute Gasteiger partial charge is 0.452 e. The molecule has 0 spiro atoms. The molecule has 0 saturated heterocycles. The van der Waals surface area contributed by atoms with Gasteiger partial charge in [-0.25, -0.2) is 14.2 Å². The molecule has 1 aromatic heterocycles. The van der Waals surface area contributed by atoms with Gasteiger partial charge in [0.2, 0.25) is 0 Å². The van der Waals surface area contributed by atoms with E-state index in [1.54, 1.807) is 36.4 Å². The van der Waals surface area contributed by atoms with Gasteiger partial charge >= 0.3 is 5.97 Å². The molecule has 3 rings (SSSR count). The lowest BCUT2D eigenvalue weighted by atomic mass is 10.1. The normalized spacial score (nSPS) is 10.7. The number of fused-ring (bicyclic) bond motifs is 1. The van der Waals surface area contributed by atoms with E-state index in [2.05, 4.69) is 4.98 Å². The molecule has 0 aliphatic carbocycles. The summed E-state index contributed by atoms with van der Waals surface area (Å²) < 4.78 is 18.9. The van der Waals surface area contributed by atoms with Gasteiger partial charge in [-0.3, -0.25) is 4.79 Å². The van der Waals surface area contributed by atoms with Crippen molar-refractivity contribution in [1.29, 1.82) is 0 Å². The number of pyridine rings is 1. The molecule has 0 saturated carbocycles. The van der Waals surface area contributed by atoms with Crippen LogP contribution in [0.25, 0.3) is 10.9 Å². The molecule has 0 radical (unpaired) electrons. The van der Waals surface area contributed by atoms with E-state index in [0.29, 0.717) is 10.7 Å². The average Bonchev–Trinajstić information content (AvgIpc) is 2.68. The maximum atomic E-state index is 13.8. The second kappa shape index (κ2) is 8.54. The van der Waals surface area contributed by atoms with Crippen LogP contribution in [0.5, 0.6) is 0 Å². The van der Waals surface area contributed by atoms with E-state index >= 15 is 0 Å². The zero-order chi connectivity index (χ0) is 20.3. The van der Waals surface area contributed by atoms with Crippen LogP contribution in [0.2, 0.25) is 10.2 Å². The van der Waals surface area contributed by atoms with Crippen molar-refractivity contribution in [2.75, 3.05) is 13.7 Å².